The number of alkyl halides is 2. The quantitative estimate of drug-likeness (QED) is 0.611. The molecule has 0 saturated heterocycles. The van der Waals surface area contributed by atoms with Crippen LogP contribution in [0.3, 0.4) is 0 Å². The van der Waals surface area contributed by atoms with E-state index in [0.717, 1.165) is 0 Å². The lowest BCUT2D eigenvalue weighted by molar-refractivity contribution is -0.136. The van der Waals surface area contributed by atoms with Crippen LogP contribution >= 0.6 is 29.7 Å². The third-order valence-electron chi connectivity index (χ3n) is 1.08. The molecule has 0 heterocycles. The summed E-state index contributed by atoms with van der Waals surface area (Å²) < 4.78 is 7.14. The fourth-order valence-electron chi connectivity index (χ4n) is 0.421. The van der Waals surface area contributed by atoms with Crippen molar-refractivity contribution < 1.29 is 18.9 Å². The minimum Gasteiger partial charge on any atom is -0.479 e. The van der Waals surface area contributed by atoms with Gasteiger partial charge in [-0.15, -0.1) is 0 Å². The van der Waals surface area contributed by atoms with Gasteiger partial charge in [0.2, 0.25) is 6.49 Å². The van der Waals surface area contributed by atoms with Crippen LogP contribution in [0.25, 0.3) is 0 Å². The van der Waals surface area contributed by atoms with Crippen LogP contribution in [0, 0.1) is 0 Å². The molecule has 0 radical (unpaired) electrons. The van der Waals surface area contributed by atoms with Crippen molar-refractivity contribution >= 4 is 47.5 Å². The van der Waals surface area contributed by atoms with Crippen molar-refractivity contribution in [3.8, 4) is 0 Å². The minimum absolute atomic E-state index is 1.20. The van der Waals surface area contributed by atoms with Gasteiger partial charge in [0.05, 0.1) is 0 Å². The highest BCUT2D eigenvalue weighted by atomic mass is 35.5. The van der Waals surface area contributed by atoms with Crippen molar-refractivity contribution in [1.82, 2.24) is 0 Å². The van der Waals surface area contributed by atoms with Crippen molar-refractivity contribution in [1.29, 1.82) is 0 Å². The molecule has 0 amide bonds. The van der Waals surface area contributed by atoms with E-state index in [1.54, 1.807) is 0 Å². The molecule has 0 aromatic carbocycles. The molecule has 0 bridgehead atoms. The second kappa shape index (κ2) is 4.22. The molecule has 0 spiro atoms. The van der Waals surface area contributed by atoms with Gasteiger partial charge < -0.3 is 14.2 Å². The predicted octanol–water partition coefficient (Wildman–Crippen LogP) is 1.80. The van der Waals surface area contributed by atoms with E-state index in [1.165, 1.54) is 14.2 Å². The number of rotatable bonds is 4. The zero-order chi connectivity index (χ0) is 9.99. The maximum Gasteiger partial charge on any atom is 0.350 e. The summed E-state index contributed by atoms with van der Waals surface area (Å²) >= 11 is 15.6. The van der Waals surface area contributed by atoms with Gasteiger partial charge in [0.25, 0.3) is 4.07 Å². The van der Waals surface area contributed by atoms with Crippen molar-refractivity contribution in [3.05, 3.63) is 0 Å². The smallest absolute Gasteiger partial charge is 0.350 e. The van der Waals surface area contributed by atoms with Crippen LogP contribution in [0.1, 0.15) is 0 Å². The summed E-state index contributed by atoms with van der Waals surface area (Å²) in [6, 6.07) is 0. The molecule has 8 heteroatoms. The second-order valence-electron chi connectivity index (χ2n) is 1.71. The van der Waals surface area contributed by atoms with E-state index in [2.05, 4.69) is 9.05 Å². The molecule has 72 valence electrons. The Labute approximate surface area is 84.9 Å². The molecular formula is C4H7Cl2O4PS. The summed E-state index contributed by atoms with van der Waals surface area (Å²) in [5, 5.41) is 8.58. The Morgan fingerprint density at radius 3 is 1.92 bits per heavy atom. The highest BCUT2D eigenvalue weighted by Crippen LogP contribution is 2.63. The first-order chi connectivity index (χ1) is 5.31. The average Bonchev–Trinajstić information content (AvgIpc) is 2.02. The van der Waals surface area contributed by atoms with Crippen LogP contribution in [-0.4, -0.2) is 29.4 Å². The maximum absolute atomic E-state index is 10.5. The van der Waals surface area contributed by atoms with E-state index in [1.807, 2.05) is 0 Å². The standard InChI is InChI=1S/C4H7Cl2O4PS/c1-9-11(12,10-2)4(5,6)3(7)8/h1-2H3,(H,7,8). The summed E-state index contributed by atoms with van der Waals surface area (Å²) in [5.74, 6) is -1.47. The predicted molar refractivity (Wildman–Crippen MR) is 50.4 cm³/mol. The highest BCUT2D eigenvalue weighted by molar-refractivity contribution is 8.12. The third kappa shape index (κ3) is 2.10. The van der Waals surface area contributed by atoms with Crippen LogP contribution < -0.4 is 0 Å². The molecule has 1 N–H and O–H groups in total. The molecule has 0 saturated carbocycles. The lowest BCUT2D eigenvalue weighted by atomic mass is 10.8. The summed E-state index contributed by atoms with van der Waals surface area (Å²) in [4.78, 5) is 10.5. The van der Waals surface area contributed by atoms with Crippen LogP contribution in [0.4, 0.5) is 0 Å². The Morgan fingerprint density at radius 1 is 1.50 bits per heavy atom. The van der Waals surface area contributed by atoms with Crippen LogP contribution in [0.5, 0.6) is 0 Å². The summed E-state index contributed by atoms with van der Waals surface area (Å²) in [7, 11) is 2.40. The zero-order valence-electron chi connectivity index (χ0n) is 6.28. The average molecular weight is 253 g/mol. The van der Waals surface area contributed by atoms with Gasteiger partial charge in [-0.2, -0.15) is 0 Å². The Balaban J connectivity index is 4.98. The monoisotopic (exact) mass is 252 g/mol. The normalized spacial score (nSPS) is 13.0. The topological polar surface area (TPSA) is 55.8 Å². The first-order valence-electron chi connectivity index (χ1n) is 2.64. The number of hydrogen-bond donors (Lipinski definition) is 1. The highest BCUT2D eigenvalue weighted by Gasteiger charge is 2.50. The Kier molecular flexibility index (Phi) is 4.44. The molecular weight excluding hydrogens is 246 g/mol. The maximum atomic E-state index is 10.5. The van der Waals surface area contributed by atoms with Gasteiger partial charge in [-0.3, -0.25) is 0 Å². The third-order valence-corrected chi connectivity index (χ3v) is 6.90. The van der Waals surface area contributed by atoms with Gasteiger partial charge in [-0.05, 0) is 11.8 Å². The number of hydrogen-bond acceptors (Lipinski definition) is 4. The summed E-state index contributed by atoms with van der Waals surface area (Å²) in [5.41, 5.74) is 0. The van der Waals surface area contributed by atoms with Gasteiger partial charge in [0, 0.05) is 14.2 Å². The number of carbonyl (C=O) groups is 1. The van der Waals surface area contributed by atoms with E-state index in [9.17, 15) is 4.79 Å². The van der Waals surface area contributed by atoms with E-state index in [0.29, 0.717) is 0 Å². The SMILES string of the molecule is COP(=S)(OC)C(Cl)(Cl)C(=O)O. The van der Waals surface area contributed by atoms with Crippen molar-refractivity contribution in [3.63, 3.8) is 0 Å². The summed E-state index contributed by atoms with van der Waals surface area (Å²) in [6.07, 6.45) is 0. The lowest BCUT2D eigenvalue weighted by Gasteiger charge is -2.26. The molecule has 4 nitrogen and oxygen atoms in total. The van der Waals surface area contributed by atoms with Crippen LogP contribution in [0.2, 0.25) is 0 Å². The van der Waals surface area contributed by atoms with Crippen LogP contribution in [0.15, 0.2) is 0 Å². The van der Waals surface area contributed by atoms with Crippen molar-refractivity contribution in [2.24, 2.45) is 0 Å². The van der Waals surface area contributed by atoms with Crippen molar-refractivity contribution in [2.45, 2.75) is 4.07 Å². The van der Waals surface area contributed by atoms with E-state index >= 15 is 0 Å². The number of aliphatic carboxylic acids is 1. The molecule has 0 aliphatic rings. The summed E-state index contributed by atoms with van der Waals surface area (Å²) in [6.45, 7) is -3.18. The molecule has 0 aliphatic carbocycles. The zero-order valence-corrected chi connectivity index (χ0v) is 9.51. The Morgan fingerprint density at radius 2 is 1.83 bits per heavy atom. The second-order valence-corrected chi connectivity index (χ2v) is 7.40. The Bertz CT molecular complexity index is 223. The first kappa shape index (κ1) is 12.6. The van der Waals surface area contributed by atoms with Gasteiger partial charge in [-0.1, -0.05) is 23.2 Å². The molecule has 0 rings (SSSR count). The number of carboxylic acid groups (broad SMARTS) is 1. The molecule has 0 fully saturated rings. The van der Waals surface area contributed by atoms with E-state index in [4.69, 9.17) is 40.1 Å². The van der Waals surface area contributed by atoms with E-state index < -0.39 is 16.5 Å². The van der Waals surface area contributed by atoms with Gasteiger partial charge in [0.1, 0.15) is 0 Å². The number of carboxylic acids is 1. The fourth-order valence-corrected chi connectivity index (χ4v) is 2.33. The molecule has 0 aliphatic heterocycles. The molecule has 0 aromatic rings. The fraction of sp³-hybridized carbons (Fsp3) is 0.750. The van der Waals surface area contributed by atoms with Gasteiger partial charge >= 0.3 is 5.97 Å². The van der Waals surface area contributed by atoms with Gasteiger partial charge in [0.15, 0.2) is 0 Å². The Hall–Kier alpha value is 0.620. The molecule has 0 unspecified atom stereocenters. The number of halogens is 2. The minimum atomic E-state index is -3.18. The van der Waals surface area contributed by atoms with Crippen molar-refractivity contribution in [2.75, 3.05) is 14.2 Å². The lowest BCUT2D eigenvalue weighted by Crippen LogP contribution is -2.26. The largest absolute Gasteiger partial charge is 0.479 e. The molecule has 0 atom stereocenters. The first-order valence-corrected chi connectivity index (χ1v) is 6.04. The van der Waals surface area contributed by atoms with Gasteiger partial charge in [-0.25, -0.2) is 4.79 Å². The molecule has 0 aromatic heterocycles. The van der Waals surface area contributed by atoms with E-state index in [-0.39, 0.29) is 0 Å². The molecule has 12 heavy (non-hydrogen) atoms. The van der Waals surface area contributed by atoms with Crippen LogP contribution in [-0.2, 0) is 25.6 Å².